The van der Waals surface area contributed by atoms with Gasteiger partial charge in [0, 0.05) is 25.6 Å². The molecule has 2 atom stereocenters. The highest BCUT2D eigenvalue weighted by Crippen LogP contribution is 2.33. The second kappa shape index (κ2) is 8.65. The van der Waals surface area contributed by atoms with E-state index in [1.54, 1.807) is 0 Å². The Morgan fingerprint density at radius 2 is 1.88 bits per heavy atom. The maximum atomic E-state index is 12.1. The molecule has 1 heterocycles. The summed E-state index contributed by atoms with van der Waals surface area (Å²) in [5, 5.41) is 15.0. The minimum Gasteiger partial charge on any atom is -0.392 e. The molecule has 0 saturated carbocycles. The van der Waals surface area contributed by atoms with Crippen LogP contribution in [0.2, 0.25) is 0 Å². The molecule has 25 heavy (non-hydrogen) atoms. The van der Waals surface area contributed by atoms with Gasteiger partial charge in [0.2, 0.25) is 0 Å². The van der Waals surface area contributed by atoms with Gasteiger partial charge < -0.3 is 20.5 Å². The number of hydrogen-bond donors (Lipinski definition) is 3. The molecule has 1 aliphatic rings. The Bertz CT molecular complexity index is 690. The Morgan fingerprint density at radius 1 is 1.08 bits per heavy atom. The van der Waals surface area contributed by atoms with E-state index in [1.165, 1.54) is 0 Å². The van der Waals surface area contributed by atoms with Crippen molar-refractivity contribution in [1.29, 1.82) is 0 Å². The van der Waals surface area contributed by atoms with Gasteiger partial charge in [0.1, 0.15) is 0 Å². The lowest BCUT2D eigenvalue weighted by atomic mass is 9.95. The third kappa shape index (κ3) is 4.81. The predicted molar refractivity (Wildman–Crippen MR) is 95.8 cm³/mol. The summed E-state index contributed by atoms with van der Waals surface area (Å²) in [5.74, 6) is 0.283. The third-order valence-electron chi connectivity index (χ3n) is 4.49. The van der Waals surface area contributed by atoms with Crippen molar-refractivity contribution >= 4 is 6.03 Å². The van der Waals surface area contributed by atoms with Crippen LogP contribution in [0.25, 0.3) is 0 Å². The number of carbonyl (C=O) groups is 1. The van der Waals surface area contributed by atoms with Gasteiger partial charge in [0.05, 0.1) is 12.7 Å². The van der Waals surface area contributed by atoms with Gasteiger partial charge in [-0.15, -0.1) is 0 Å². The zero-order valence-corrected chi connectivity index (χ0v) is 14.2. The molecule has 1 aliphatic heterocycles. The predicted octanol–water partition coefficient (Wildman–Crippen LogP) is 2.76. The number of amides is 2. The number of hydrogen-bond acceptors (Lipinski definition) is 3. The SMILES string of the molecule is O=C(NCc1cccc(CO)c1)NC[C@@H]1CCO[C@@H]1c1ccccc1. The Kier molecular flexibility index (Phi) is 6.04. The summed E-state index contributed by atoms with van der Waals surface area (Å²) in [4.78, 5) is 12.1. The standard InChI is InChI=1S/C20H24N2O3/c23-14-16-6-4-5-15(11-16)12-21-20(24)22-13-18-9-10-25-19(18)17-7-2-1-3-8-17/h1-8,11,18-19,23H,9-10,12-14H2,(H2,21,22,24)/t18-,19+/m0/s1. The average Bonchev–Trinajstić information content (AvgIpc) is 3.14. The van der Waals surface area contributed by atoms with Gasteiger partial charge in [-0.2, -0.15) is 0 Å². The first kappa shape index (κ1) is 17.5. The smallest absolute Gasteiger partial charge is 0.315 e. The summed E-state index contributed by atoms with van der Waals surface area (Å²) >= 11 is 0. The van der Waals surface area contributed by atoms with Gasteiger partial charge >= 0.3 is 6.03 Å². The molecule has 0 unspecified atom stereocenters. The van der Waals surface area contributed by atoms with E-state index >= 15 is 0 Å². The van der Waals surface area contributed by atoms with Gasteiger partial charge in [-0.1, -0.05) is 54.6 Å². The molecule has 132 valence electrons. The Labute approximate surface area is 148 Å². The first-order valence-corrected chi connectivity index (χ1v) is 8.63. The first-order valence-electron chi connectivity index (χ1n) is 8.63. The number of ether oxygens (including phenoxy) is 1. The van der Waals surface area contributed by atoms with Crippen LogP contribution in [0.5, 0.6) is 0 Å². The molecule has 5 nitrogen and oxygen atoms in total. The lowest BCUT2D eigenvalue weighted by Crippen LogP contribution is -2.38. The van der Waals surface area contributed by atoms with Crippen molar-refractivity contribution in [2.24, 2.45) is 5.92 Å². The van der Waals surface area contributed by atoms with E-state index in [4.69, 9.17) is 9.84 Å². The van der Waals surface area contributed by atoms with Crippen molar-refractivity contribution < 1.29 is 14.6 Å². The molecule has 1 fully saturated rings. The Hall–Kier alpha value is -2.37. The molecule has 1 saturated heterocycles. The lowest BCUT2D eigenvalue weighted by molar-refractivity contribution is 0.0910. The minimum atomic E-state index is -0.187. The topological polar surface area (TPSA) is 70.6 Å². The van der Waals surface area contributed by atoms with E-state index in [1.807, 2.05) is 42.5 Å². The molecular weight excluding hydrogens is 316 g/mol. The van der Waals surface area contributed by atoms with Crippen molar-refractivity contribution in [2.45, 2.75) is 25.7 Å². The maximum absolute atomic E-state index is 12.1. The third-order valence-corrected chi connectivity index (χ3v) is 4.49. The van der Waals surface area contributed by atoms with Gasteiger partial charge in [-0.3, -0.25) is 0 Å². The number of carbonyl (C=O) groups excluding carboxylic acids is 1. The summed E-state index contributed by atoms with van der Waals surface area (Å²) in [6, 6.07) is 17.5. The number of aliphatic hydroxyl groups excluding tert-OH is 1. The Balaban J connectivity index is 1.47. The summed E-state index contributed by atoms with van der Waals surface area (Å²) in [7, 11) is 0. The quantitative estimate of drug-likeness (QED) is 0.757. The maximum Gasteiger partial charge on any atom is 0.315 e. The zero-order chi connectivity index (χ0) is 17.5. The second-order valence-corrected chi connectivity index (χ2v) is 6.29. The fourth-order valence-electron chi connectivity index (χ4n) is 3.16. The molecule has 0 spiro atoms. The van der Waals surface area contributed by atoms with Gasteiger partial charge in [0.15, 0.2) is 0 Å². The van der Waals surface area contributed by atoms with E-state index in [2.05, 4.69) is 22.8 Å². The highest BCUT2D eigenvalue weighted by molar-refractivity contribution is 5.73. The van der Waals surface area contributed by atoms with Crippen molar-refractivity contribution in [2.75, 3.05) is 13.2 Å². The molecule has 2 amide bonds. The van der Waals surface area contributed by atoms with Crippen molar-refractivity contribution in [3.63, 3.8) is 0 Å². The van der Waals surface area contributed by atoms with Gasteiger partial charge in [0.25, 0.3) is 0 Å². The molecule has 2 aromatic carbocycles. The fourth-order valence-corrected chi connectivity index (χ4v) is 3.16. The van der Waals surface area contributed by atoms with Gasteiger partial charge in [-0.05, 0) is 23.1 Å². The van der Waals surface area contributed by atoms with E-state index in [0.717, 1.165) is 29.7 Å². The van der Waals surface area contributed by atoms with Crippen LogP contribution in [0, 0.1) is 5.92 Å². The van der Waals surface area contributed by atoms with Crippen LogP contribution in [-0.4, -0.2) is 24.3 Å². The van der Waals surface area contributed by atoms with Crippen molar-refractivity contribution in [3.05, 3.63) is 71.3 Å². The summed E-state index contributed by atoms with van der Waals surface area (Å²) in [6.45, 7) is 1.75. The molecule has 0 aromatic heterocycles. The van der Waals surface area contributed by atoms with E-state index in [9.17, 15) is 4.79 Å². The second-order valence-electron chi connectivity index (χ2n) is 6.29. The molecule has 0 bridgehead atoms. The number of benzene rings is 2. The van der Waals surface area contributed by atoms with Crippen LogP contribution in [-0.2, 0) is 17.9 Å². The summed E-state index contributed by atoms with van der Waals surface area (Å²) in [5.41, 5.74) is 2.97. The molecule has 3 rings (SSSR count). The lowest BCUT2D eigenvalue weighted by Gasteiger charge is -2.19. The number of urea groups is 1. The fraction of sp³-hybridized carbons (Fsp3) is 0.350. The van der Waals surface area contributed by atoms with Crippen LogP contribution in [0.15, 0.2) is 54.6 Å². The minimum absolute atomic E-state index is 0.00257. The van der Waals surface area contributed by atoms with Crippen LogP contribution >= 0.6 is 0 Å². The van der Waals surface area contributed by atoms with E-state index < -0.39 is 0 Å². The van der Waals surface area contributed by atoms with Crippen LogP contribution in [0.1, 0.15) is 29.2 Å². The molecule has 0 aliphatic carbocycles. The molecule has 5 heteroatoms. The monoisotopic (exact) mass is 340 g/mol. The summed E-state index contributed by atoms with van der Waals surface area (Å²) < 4.78 is 5.84. The first-order chi connectivity index (χ1) is 12.3. The number of aliphatic hydroxyl groups is 1. The summed E-state index contributed by atoms with van der Waals surface area (Å²) in [6.07, 6.45) is 0.987. The zero-order valence-electron chi connectivity index (χ0n) is 14.2. The molecular formula is C20H24N2O3. The highest BCUT2D eigenvalue weighted by atomic mass is 16.5. The van der Waals surface area contributed by atoms with E-state index in [-0.39, 0.29) is 24.7 Å². The van der Waals surface area contributed by atoms with Gasteiger partial charge in [-0.25, -0.2) is 4.79 Å². The van der Waals surface area contributed by atoms with Crippen molar-refractivity contribution in [1.82, 2.24) is 10.6 Å². The molecule has 3 N–H and O–H groups in total. The largest absolute Gasteiger partial charge is 0.392 e. The van der Waals surface area contributed by atoms with Crippen molar-refractivity contribution in [3.8, 4) is 0 Å². The number of rotatable bonds is 6. The normalized spacial score (nSPS) is 19.6. The van der Waals surface area contributed by atoms with Crippen LogP contribution in [0.3, 0.4) is 0 Å². The van der Waals surface area contributed by atoms with Crippen LogP contribution < -0.4 is 10.6 Å². The Morgan fingerprint density at radius 3 is 2.68 bits per heavy atom. The highest BCUT2D eigenvalue weighted by Gasteiger charge is 2.29. The molecule has 0 radical (unpaired) electrons. The van der Waals surface area contributed by atoms with Crippen LogP contribution in [0.4, 0.5) is 4.79 Å². The molecule has 2 aromatic rings. The average molecular weight is 340 g/mol. The number of nitrogens with one attached hydrogen (secondary N) is 2. The van der Waals surface area contributed by atoms with E-state index in [0.29, 0.717) is 13.1 Å².